The molecule has 2 rings (SSSR count). The zero-order chi connectivity index (χ0) is 15.4. The molecule has 6 nitrogen and oxygen atoms in total. The summed E-state index contributed by atoms with van der Waals surface area (Å²) in [5, 5.41) is 17.0. The second kappa shape index (κ2) is 8.45. The Balaban J connectivity index is 0.00000242. The van der Waals surface area contributed by atoms with E-state index in [4.69, 9.17) is 0 Å². The molecule has 1 aliphatic rings. The van der Waals surface area contributed by atoms with Crippen molar-refractivity contribution in [3.8, 4) is 0 Å². The highest BCUT2D eigenvalue weighted by atomic mass is 79.9. The van der Waals surface area contributed by atoms with Crippen molar-refractivity contribution < 1.29 is 9.72 Å². The van der Waals surface area contributed by atoms with Gasteiger partial charge < -0.3 is 10.6 Å². The lowest BCUT2D eigenvalue weighted by atomic mass is 9.95. The van der Waals surface area contributed by atoms with Gasteiger partial charge in [-0.15, -0.1) is 12.4 Å². The third kappa shape index (κ3) is 4.93. The molecule has 1 fully saturated rings. The highest BCUT2D eigenvalue weighted by molar-refractivity contribution is 9.10. The maximum absolute atomic E-state index is 12.1. The van der Waals surface area contributed by atoms with Crippen molar-refractivity contribution in [2.45, 2.75) is 25.8 Å². The van der Waals surface area contributed by atoms with Gasteiger partial charge in [0.1, 0.15) is 0 Å². The van der Waals surface area contributed by atoms with Crippen LogP contribution in [0.3, 0.4) is 0 Å². The van der Waals surface area contributed by atoms with Crippen LogP contribution < -0.4 is 10.6 Å². The SMILES string of the molecule is CC1CNCCC1NC(=O)Cc1ccc([N+](=O)[O-])cc1Br.Cl. The number of nitro groups is 1. The van der Waals surface area contributed by atoms with Gasteiger partial charge in [-0.05, 0) is 31.0 Å². The summed E-state index contributed by atoms with van der Waals surface area (Å²) in [7, 11) is 0. The Morgan fingerprint density at radius 1 is 1.55 bits per heavy atom. The number of carbonyl (C=O) groups excluding carboxylic acids is 1. The van der Waals surface area contributed by atoms with Crippen LogP contribution in [0.4, 0.5) is 5.69 Å². The van der Waals surface area contributed by atoms with E-state index < -0.39 is 4.92 Å². The van der Waals surface area contributed by atoms with E-state index in [1.807, 2.05) is 0 Å². The molecule has 8 heteroatoms. The van der Waals surface area contributed by atoms with Crippen LogP contribution in [-0.2, 0) is 11.2 Å². The van der Waals surface area contributed by atoms with E-state index >= 15 is 0 Å². The van der Waals surface area contributed by atoms with Gasteiger partial charge in [0, 0.05) is 22.6 Å². The molecule has 0 aromatic heterocycles. The van der Waals surface area contributed by atoms with Crippen molar-refractivity contribution in [2.75, 3.05) is 13.1 Å². The van der Waals surface area contributed by atoms with Crippen molar-refractivity contribution >= 4 is 39.9 Å². The van der Waals surface area contributed by atoms with Crippen LogP contribution in [0.1, 0.15) is 18.9 Å². The molecule has 122 valence electrons. The summed E-state index contributed by atoms with van der Waals surface area (Å²) < 4.78 is 0.588. The molecule has 0 bridgehead atoms. The minimum absolute atomic E-state index is 0. The van der Waals surface area contributed by atoms with Crippen LogP contribution in [0.5, 0.6) is 0 Å². The number of piperidine rings is 1. The Morgan fingerprint density at radius 3 is 2.86 bits per heavy atom. The van der Waals surface area contributed by atoms with Crippen LogP contribution in [0.25, 0.3) is 0 Å². The predicted molar refractivity (Wildman–Crippen MR) is 90.3 cm³/mol. The first kappa shape index (κ1) is 18.9. The topological polar surface area (TPSA) is 84.3 Å². The normalized spacial score (nSPS) is 20.8. The number of rotatable bonds is 4. The van der Waals surface area contributed by atoms with Gasteiger partial charge in [-0.25, -0.2) is 0 Å². The summed E-state index contributed by atoms with van der Waals surface area (Å²) >= 11 is 3.29. The first-order chi connectivity index (χ1) is 9.97. The molecule has 2 unspecified atom stereocenters. The molecule has 1 aromatic carbocycles. The minimum atomic E-state index is -0.453. The van der Waals surface area contributed by atoms with E-state index in [1.165, 1.54) is 12.1 Å². The quantitative estimate of drug-likeness (QED) is 0.609. The fourth-order valence-corrected chi connectivity index (χ4v) is 2.96. The first-order valence-corrected chi connectivity index (χ1v) is 7.69. The fraction of sp³-hybridized carbons (Fsp3) is 0.500. The lowest BCUT2D eigenvalue weighted by Crippen LogP contribution is -2.48. The molecule has 22 heavy (non-hydrogen) atoms. The van der Waals surface area contributed by atoms with Gasteiger partial charge >= 0.3 is 0 Å². The third-order valence-corrected chi connectivity index (χ3v) is 4.47. The number of amides is 1. The number of carbonyl (C=O) groups is 1. The smallest absolute Gasteiger partial charge is 0.270 e. The number of nitrogens with one attached hydrogen (secondary N) is 2. The molecule has 2 N–H and O–H groups in total. The Hall–Kier alpha value is -1.18. The zero-order valence-corrected chi connectivity index (χ0v) is 14.6. The Morgan fingerprint density at radius 2 is 2.27 bits per heavy atom. The second-order valence-electron chi connectivity index (χ2n) is 5.35. The van der Waals surface area contributed by atoms with Gasteiger partial charge in [0.25, 0.3) is 5.69 Å². The summed E-state index contributed by atoms with van der Waals surface area (Å²) in [6.07, 6.45) is 1.14. The van der Waals surface area contributed by atoms with Crippen molar-refractivity contribution in [3.63, 3.8) is 0 Å². The number of non-ortho nitro benzene ring substituents is 1. The molecule has 0 aliphatic carbocycles. The first-order valence-electron chi connectivity index (χ1n) is 6.90. The number of nitrogens with zero attached hydrogens (tertiary/aromatic N) is 1. The van der Waals surface area contributed by atoms with Crippen molar-refractivity contribution in [2.24, 2.45) is 5.92 Å². The molecule has 1 heterocycles. The van der Waals surface area contributed by atoms with Gasteiger partial charge in [-0.2, -0.15) is 0 Å². The Labute approximate surface area is 143 Å². The summed E-state index contributed by atoms with van der Waals surface area (Å²) in [4.78, 5) is 22.3. The highest BCUT2D eigenvalue weighted by Gasteiger charge is 2.23. The lowest BCUT2D eigenvalue weighted by molar-refractivity contribution is -0.384. The van der Waals surface area contributed by atoms with Gasteiger partial charge in [0.2, 0.25) is 5.91 Å². The van der Waals surface area contributed by atoms with E-state index in [9.17, 15) is 14.9 Å². The Kier molecular flexibility index (Phi) is 7.25. The maximum Gasteiger partial charge on any atom is 0.270 e. The molecule has 2 atom stereocenters. The Bertz CT molecular complexity index is 556. The van der Waals surface area contributed by atoms with Crippen LogP contribution >= 0.6 is 28.3 Å². The van der Waals surface area contributed by atoms with Crippen molar-refractivity contribution in [3.05, 3.63) is 38.3 Å². The molecule has 1 saturated heterocycles. The molecular weight excluding hydrogens is 374 g/mol. The summed E-state index contributed by atoms with van der Waals surface area (Å²) in [6.45, 7) is 3.93. The second-order valence-corrected chi connectivity index (χ2v) is 6.21. The van der Waals surface area contributed by atoms with Gasteiger partial charge in [-0.1, -0.05) is 28.9 Å². The highest BCUT2D eigenvalue weighted by Crippen LogP contribution is 2.23. The minimum Gasteiger partial charge on any atom is -0.353 e. The monoisotopic (exact) mass is 391 g/mol. The van der Waals surface area contributed by atoms with E-state index in [2.05, 4.69) is 33.5 Å². The summed E-state index contributed by atoms with van der Waals surface area (Å²) in [5.74, 6) is 0.353. The number of halogens is 2. The molecule has 0 radical (unpaired) electrons. The largest absolute Gasteiger partial charge is 0.353 e. The van der Waals surface area contributed by atoms with Crippen molar-refractivity contribution in [1.29, 1.82) is 0 Å². The standard InChI is InChI=1S/C14H18BrN3O3.ClH/c1-9-8-16-5-4-13(9)17-14(19)6-10-2-3-11(18(20)21)7-12(10)15;/h2-3,7,9,13,16H,4-6,8H2,1H3,(H,17,19);1H. The average Bonchev–Trinajstić information content (AvgIpc) is 2.43. The number of hydrogen-bond donors (Lipinski definition) is 2. The molecule has 1 amide bonds. The molecular formula is C14H19BrClN3O3. The van der Waals surface area contributed by atoms with E-state index in [0.717, 1.165) is 25.1 Å². The molecule has 1 aliphatic heterocycles. The van der Waals surface area contributed by atoms with Gasteiger partial charge in [0.15, 0.2) is 0 Å². The molecule has 1 aromatic rings. The summed E-state index contributed by atoms with van der Waals surface area (Å²) in [6, 6.07) is 4.65. The predicted octanol–water partition coefficient (Wildman–Crippen LogP) is 2.44. The van der Waals surface area contributed by atoms with E-state index in [0.29, 0.717) is 10.4 Å². The fourth-order valence-electron chi connectivity index (χ4n) is 2.45. The zero-order valence-electron chi connectivity index (χ0n) is 12.2. The number of nitro benzene ring substituents is 1. The van der Waals surface area contributed by atoms with Crippen LogP contribution in [0, 0.1) is 16.0 Å². The number of hydrogen-bond acceptors (Lipinski definition) is 4. The van der Waals surface area contributed by atoms with Gasteiger partial charge in [0.05, 0.1) is 11.3 Å². The molecule has 0 spiro atoms. The van der Waals surface area contributed by atoms with E-state index in [-0.39, 0.29) is 36.5 Å². The van der Waals surface area contributed by atoms with Crippen LogP contribution in [0.15, 0.2) is 22.7 Å². The lowest BCUT2D eigenvalue weighted by Gasteiger charge is -2.30. The third-order valence-electron chi connectivity index (χ3n) is 3.73. The maximum atomic E-state index is 12.1. The van der Waals surface area contributed by atoms with Crippen LogP contribution in [-0.4, -0.2) is 30.0 Å². The van der Waals surface area contributed by atoms with Gasteiger partial charge in [-0.3, -0.25) is 14.9 Å². The molecule has 0 saturated carbocycles. The number of benzene rings is 1. The average molecular weight is 393 g/mol. The van der Waals surface area contributed by atoms with Crippen molar-refractivity contribution in [1.82, 2.24) is 10.6 Å². The summed E-state index contributed by atoms with van der Waals surface area (Å²) in [5.41, 5.74) is 0.762. The van der Waals surface area contributed by atoms with Crippen LogP contribution in [0.2, 0.25) is 0 Å². The van der Waals surface area contributed by atoms with E-state index in [1.54, 1.807) is 6.07 Å².